The van der Waals surface area contributed by atoms with Crippen LogP contribution in [0.3, 0.4) is 0 Å². The van der Waals surface area contributed by atoms with Gasteiger partial charge in [-0.3, -0.25) is 0 Å². The van der Waals surface area contributed by atoms with E-state index < -0.39 is 8.07 Å². The van der Waals surface area contributed by atoms with Gasteiger partial charge in [-0.25, -0.2) is 15.0 Å². The summed E-state index contributed by atoms with van der Waals surface area (Å²) >= 11 is 0. The Morgan fingerprint density at radius 3 is 2.65 bits per heavy atom. The highest BCUT2D eigenvalue weighted by Crippen LogP contribution is 2.38. The highest BCUT2D eigenvalue weighted by molar-refractivity contribution is 6.76. The fourth-order valence-electron chi connectivity index (χ4n) is 5.43. The van der Waals surface area contributed by atoms with Crippen molar-refractivity contribution in [2.75, 3.05) is 31.1 Å². The molecule has 1 spiro atoms. The van der Waals surface area contributed by atoms with E-state index in [0.717, 1.165) is 54.7 Å². The van der Waals surface area contributed by atoms with Crippen LogP contribution in [0.4, 0.5) is 5.69 Å². The number of aromatic nitrogens is 4. The standard InChI is InChI=1S/C26H38N6OSi/c1-34(2,3)17-16-33-20-32-18-21(24-27-11-7-12-28-24)23-22(8-14-29-25(23)32)31-15-6-10-26(19-31)9-4-5-13-30-26/h7-8,11-12,14,18,30H,4-6,9-10,13,15-17,19-20H2,1-3H3. The van der Waals surface area contributed by atoms with Crippen LogP contribution in [0, 0.1) is 0 Å². The molecule has 2 aliphatic rings. The molecule has 3 aromatic rings. The third-order valence-corrected chi connectivity index (χ3v) is 8.97. The molecule has 182 valence electrons. The summed E-state index contributed by atoms with van der Waals surface area (Å²) in [6.45, 7) is 11.7. The topological polar surface area (TPSA) is 68.1 Å². The quantitative estimate of drug-likeness (QED) is 0.384. The second-order valence-corrected chi connectivity index (χ2v) is 16.8. The Labute approximate surface area is 204 Å². The van der Waals surface area contributed by atoms with Crippen LogP contribution in [0.25, 0.3) is 22.4 Å². The molecule has 0 bridgehead atoms. The zero-order valence-electron chi connectivity index (χ0n) is 20.9. The molecule has 34 heavy (non-hydrogen) atoms. The summed E-state index contributed by atoms with van der Waals surface area (Å²) in [6, 6.07) is 5.19. The third-order valence-electron chi connectivity index (χ3n) is 7.27. The normalized spacial score (nSPS) is 21.4. The highest BCUT2D eigenvalue weighted by Gasteiger charge is 2.37. The van der Waals surface area contributed by atoms with Crippen molar-refractivity contribution in [2.45, 2.75) is 70.1 Å². The number of pyridine rings is 1. The maximum absolute atomic E-state index is 6.12. The van der Waals surface area contributed by atoms with E-state index in [0.29, 0.717) is 6.73 Å². The summed E-state index contributed by atoms with van der Waals surface area (Å²) in [5.41, 5.74) is 3.45. The van der Waals surface area contributed by atoms with Crippen molar-refractivity contribution in [1.82, 2.24) is 24.8 Å². The summed E-state index contributed by atoms with van der Waals surface area (Å²) < 4.78 is 8.25. The van der Waals surface area contributed by atoms with Crippen LogP contribution in [-0.4, -0.2) is 59.4 Å². The third kappa shape index (κ3) is 5.04. The summed E-state index contributed by atoms with van der Waals surface area (Å²) in [5, 5.41) is 5.01. The zero-order chi connectivity index (χ0) is 23.6. The minimum atomic E-state index is -1.13. The second kappa shape index (κ2) is 9.75. The van der Waals surface area contributed by atoms with E-state index in [9.17, 15) is 0 Å². The van der Waals surface area contributed by atoms with Gasteiger partial charge in [0.05, 0.1) is 11.1 Å². The first kappa shape index (κ1) is 23.4. The molecular weight excluding hydrogens is 440 g/mol. The fourth-order valence-corrected chi connectivity index (χ4v) is 6.18. The van der Waals surface area contributed by atoms with Crippen LogP contribution in [0.2, 0.25) is 25.7 Å². The lowest BCUT2D eigenvalue weighted by Gasteiger charge is -2.47. The van der Waals surface area contributed by atoms with E-state index in [1.807, 2.05) is 24.7 Å². The molecule has 0 radical (unpaired) electrons. The Balaban J connectivity index is 1.50. The molecule has 2 aliphatic heterocycles. The predicted octanol–water partition coefficient (Wildman–Crippen LogP) is 4.92. The maximum atomic E-state index is 6.12. The Bertz CT molecular complexity index is 1100. The van der Waals surface area contributed by atoms with Crippen LogP contribution in [0.15, 0.2) is 36.9 Å². The molecule has 2 fully saturated rings. The molecule has 0 aliphatic carbocycles. The molecule has 0 saturated carbocycles. The molecule has 2 saturated heterocycles. The van der Waals surface area contributed by atoms with Crippen LogP contribution < -0.4 is 10.2 Å². The van der Waals surface area contributed by atoms with Crippen molar-refractivity contribution < 1.29 is 4.74 Å². The molecule has 1 atom stereocenters. The molecular formula is C26H38N6OSi. The minimum Gasteiger partial charge on any atom is -0.369 e. The minimum absolute atomic E-state index is 0.234. The van der Waals surface area contributed by atoms with Crippen molar-refractivity contribution in [3.63, 3.8) is 0 Å². The number of anilines is 1. The molecule has 7 nitrogen and oxygen atoms in total. The van der Waals surface area contributed by atoms with Gasteiger partial charge in [-0.05, 0) is 50.4 Å². The SMILES string of the molecule is C[Si](C)(C)CCOCn1cc(-c2ncccn2)c2c(N3CCCC4(CCCCN4)C3)ccnc21. The number of hydrogen-bond donors (Lipinski definition) is 1. The molecule has 1 unspecified atom stereocenters. The van der Waals surface area contributed by atoms with Crippen LogP contribution in [0.1, 0.15) is 32.1 Å². The van der Waals surface area contributed by atoms with Crippen molar-refractivity contribution >= 4 is 24.8 Å². The van der Waals surface area contributed by atoms with Gasteiger partial charge in [-0.15, -0.1) is 0 Å². The van der Waals surface area contributed by atoms with Gasteiger partial charge in [-0.2, -0.15) is 0 Å². The van der Waals surface area contributed by atoms with E-state index in [-0.39, 0.29) is 5.54 Å². The number of hydrogen-bond acceptors (Lipinski definition) is 6. The lowest BCUT2D eigenvalue weighted by atomic mass is 9.81. The van der Waals surface area contributed by atoms with Gasteiger partial charge in [0.15, 0.2) is 5.82 Å². The molecule has 8 heteroatoms. The largest absolute Gasteiger partial charge is 0.369 e. The van der Waals surface area contributed by atoms with Gasteiger partial charge < -0.3 is 19.5 Å². The second-order valence-electron chi connectivity index (χ2n) is 11.2. The fraction of sp³-hybridized carbons (Fsp3) is 0.577. The van der Waals surface area contributed by atoms with E-state index in [1.54, 1.807) is 0 Å². The van der Waals surface area contributed by atoms with Gasteiger partial charge in [0.1, 0.15) is 12.4 Å². The van der Waals surface area contributed by atoms with E-state index in [1.165, 1.54) is 37.8 Å². The van der Waals surface area contributed by atoms with Crippen molar-refractivity contribution in [2.24, 2.45) is 0 Å². The van der Waals surface area contributed by atoms with Crippen molar-refractivity contribution in [3.05, 3.63) is 36.9 Å². The molecule has 0 amide bonds. The molecule has 3 aromatic heterocycles. The first-order chi connectivity index (χ1) is 16.4. The lowest BCUT2D eigenvalue weighted by molar-refractivity contribution is 0.0899. The van der Waals surface area contributed by atoms with Crippen molar-refractivity contribution in [3.8, 4) is 11.4 Å². The van der Waals surface area contributed by atoms with Gasteiger partial charge >= 0.3 is 0 Å². The Morgan fingerprint density at radius 1 is 1.06 bits per heavy atom. The molecule has 0 aromatic carbocycles. The highest BCUT2D eigenvalue weighted by atomic mass is 28.3. The average molecular weight is 479 g/mol. The van der Waals surface area contributed by atoms with Gasteiger partial charge in [0, 0.05) is 63.7 Å². The number of rotatable bonds is 7. The van der Waals surface area contributed by atoms with Gasteiger partial charge in [0.2, 0.25) is 0 Å². The first-order valence-electron chi connectivity index (χ1n) is 12.8. The number of piperidine rings is 2. The van der Waals surface area contributed by atoms with Crippen LogP contribution in [0.5, 0.6) is 0 Å². The summed E-state index contributed by atoms with van der Waals surface area (Å²) in [4.78, 5) is 16.6. The van der Waals surface area contributed by atoms with Gasteiger partial charge in [-0.1, -0.05) is 26.1 Å². The molecule has 5 heterocycles. The van der Waals surface area contributed by atoms with E-state index in [4.69, 9.17) is 9.72 Å². The zero-order valence-corrected chi connectivity index (χ0v) is 21.9. The van der Waals surface area contributed by atoms with Crippen molar-refractivity contribution in [1.29, 1.82) is 0 Å². The summed E-state index contributed by atoms with van der Waals surface area (Å²) in [7, 11) is -1.13. The first-order valence-corrected chi connectivity index (χ1v) is 16.5. The summed E-state index contributed by atoms with van der Waals surface area (Å²) in [6.07, 6.45) is 14.0. The van der Waals surface area contributed by atoms with E-state index in [2.05, 4.69) is 56.7 Å². The smallest absolute Gasteiger partial charge is 0.161 e. The predicted molar refractivity (Wildman–Crippen MR) is 141 cm³/mol. The number of nitrogens with zero attached hydrogens (tertiary/aromatic N) is 5. The Kier molecular flexibility index (Phi) is 6.73. The van der Waals surface area contributed by atoms with Crippen LogP contribution >= 0.6 is 0 Å². The number of fused-ring (bicyclic) bond motifs is 1. The number of ether oxygens (including phenoxy) is 1. The monoisotopic (exact) mass is 478 g/mol. The molecule has 5 rings (SSSR count). The maximum Gasteiger partial charge on any atom is 0.161 e. The average Bonchev–Trinajstić information content (AvgIpc) is 3.21. The summed E-state index contributed by atoms with van der Waals surface area (Å²) in [5.74, 6) is 0.741. The van der Waals surface area contributed by atoms with Gasteiger partial charge in [0.25, 0.3) is 0 Å². The lowest BCUT2D eigenvalue weighted by Crippen LogP contribution is -2.59. The van der Waals surface area contributed by atoms with Crippen LogP contribution in [-0.2, 0) is 11.5 Å². The Hall–Kier alpha value is -2.29. The number of nitrogens with one attached hydrogen (secondary N) is 1. The van der Waals surface area contributed by atoms with E-state index >= 15 is 0 Å². The molecule has 1 N–H and O–H groups in total. The Morgan fingerprint density at radius 2 is 1.88 bits per heavy atom.